The van der Waals surface area contributed by atoms with E-state index in [1.165, 1.54) is 36.1 Å². The average Bonchev–Trinajstić information content (AvgIpc) is 3.00. The SMILES string of the molecule is CC(NC(=O)C(C)N1C[C@@H](C(F)(F)F)[C@H](C(=O)O)C1)c1ccc(F)cc1.Cl. The van der Waals surface area contributed by atoms with Gasteiger partial charge in [-0.05, 0) is 31.5 Å². The fraction of sp³-hybridized carbons (Fsp3) is 0.529. The summed E-state index contributed by atoms with van der Waals surface area (Å²) in [6.07, 6.45) is -4.64. The zero-order valence-electron chi connectivity index (χ0n) is 14.7. The second-order valence-corrected chi connectivity index (χ2v) is 6.50. The molecule has 0 saturated carbocycles. The Kier molecular flexibility index (Phi) is 7.62. The first-order chi connectivity index (χ1) is 12.0. The molecule has 2 rings (SSSR count). The molecule has 0 aliphatic carbocycles. The number of aliphatic carboxylic acids is 1. The average molecular weight is 413 g/mol. The van der Waals surface area contributed by atoms with E-state index in [1.807, 2.05) is 0 Å². The molecule has 27 heavy (non-hydrogen) atoms. The number of nitrogens with one attached hydrogen (secondary N) is 1. The summed E-state index contributed by atoms with van der Waals surface area (Å²) in [5.41, 5.74) is 0.643. The molecule has 1 aliphatic heterocycles. The number of carbonyl (C=O) groups is 2. The summed E-state index contributed by atoms with van der Waals surface area (Å²) in [5, 5.41) is 11.7. The third-order valence-corrected chi connectivity index (χ3v) is 4.74. The molecule has 152 valence electrons. The van der Waals surface area contributed by atoms with E-state index in [4.69, 9.17) is 5.11 Å². The van der Waals surface area contributed by atoms with Crippen molar-refractivity contribution < 1.29 is 32.3 Å². The highest BCUT2D eigenvalue weighted by molar-refractivity contribution is 5.85. The molecule has 5 nitrogen and oxygen atoms in total. The molecule has 0 spiro atoms. The summed E-state index contributed by atoms with van der Waals surface area (Å²) in [4.78, 5) is 24.7. The number of nitrogens with zero attached hydrogens (tertiary/aromatic N) is 1. The van der Waals surface area contributed by atoms with Gasteiger partial charge in [0.25, 0.3) is 0 Å². The van der Waals surface area contributed by atoms with Gasteiger partial charge in [-0.2, -0.15) is 13.2 Å². The van der Waals surface area contributed by atoms with Gasteiger partial charge >= 0.3 is 12.1 Å². The molecule has 1 amide bonds. The lowest BCUT2D eigenvalue weighted by molar-refractivity contribution is -0.188. The second-order valence-electron chi connectivity index (χ2n) is 6.50. The van der Waals surface area contributed by atoms with Gasteiger partial charge in [-0.3, -0.25) is 14.5 Å². The van der Waals surface area contributed by atoms with Gasteiger partial charge < -0.3 is 10.4 Å². The van der Waals surface area contributed by atoms with Crippen LogP contribution in [0.5, 0.6) is 0 Å². The van der Waals surface area contributed by atoms with Gasteiger partial charge in [0, 0.05) is 13.1 Å². The molecule has 1 aromatic carbocycles. The highest BCUT2D eigenvalue weighted by atomic mass is 35.5. The van der Waals surface area contributed by atoms with E-state index in [1.54, 1.807) is 6.92 Å². The molecule has 0 radical (unpaired) electrons. The van der Waals surface area contributed by atoms with Crippen LogP contribution in [0.2, 0.25) is 0 Å². The summed E-state index contributed by atoms with van der Waals surface area (Å²) in [6, 6.07) is 4.09. The van der Waals surface area contributed by atoms with E-state index < -0.39 is 54.3 Å². The zero-order chi connectivity index (χ0) is 19.6. The Morgan fingerprint density at radius 1 is 1.19 bits per heavy atom. The van der Waals surface area contributed by atoms with Gasteiger partial charge in [-0.1, -0.05) is 12.1 Å². The number of carboxylic acids is 1. The first kappa shape index (κ1) is 23.2. The highest BCUT2D eigenvalue weighted by Crippen LogP contribution is 2.38. The van der Waals surface area contributed by atoms with Gasteiger partial charge in [0.15, 0.2) is 0 Å². The maximum absolute atomic E-state index is 13.1. The lowest BCUT2D eigenvalue weighted by atomic mass is 9.96. The molecule has 2 unspecified atom stereocenters. The van der Waals surface area contributed by atoms with Crippen LogP contribution >= 0.6 is 12.4 Å². The fourth-order valence-electron chi connectivity index (χ4n) is 3.07. The van der Waals surface area contributed by atoms with E-state index in [0.717, 1.165) is 0 Å². The van der Waals surface area contributed by atoms with Gasteiger partial charge in [0.2, 0.25) is 5.91 Å². The molecular weight excluding hydrogens is 392 g/mol. The van der Waals surface area contributed by atoms with E-state index in [-0.39, 0.29) is 19.0 Å². The predicted octanol–water partition coefficient (Wildman–Crippen LogP) is 3.01. The number of likely N-dealkylation sites (tertiary alicyclic amines) is 1. The number of carbonyl (C=O) groups excluding carboxylic acids is 1. The van der Waals surface area contributed by atoms with Crippen molar-refractivity contribution in [2.24, 2.45) is 11.8 Å². The monoisotopic (exact) mass is 412 g/mol. The quantitative estimate of drug-likeness (QED) is 0.729. The molecule has 1 saturated heterocycles. The molecular formula is C17H21ClF4N2O3. The summed E-state index contributed by atoms with van der Waals surface area (Å²) in [7, 11) is 0. The van der Waals surface area contributed by atoms with Crippen molar-refractivity contribution in [3.05, 3.63) is 35.6 Å². The Balaban J connectivity index is 0.00000364. The Morgan fingerprint density at radius 3 is 2.19 bits per heavy atom. The van der Waals surface area contributed by atoms with Crippen LogP contribution in [0.15, 0.2) is 24.3 Å². The molecule has 1 heterocycles. The van der Waals surface area contributed by atoms with Crippen LogP contribution < -0.4 is 5.32 Å². The number of alkyl halides is 3. The second kappa shape index (κ2) is 8.88. The van der Waals surface area contributed by atoms with Crippen LogP contribution in [0.25, 0.3) is 0 Å². The number of carboxylic acid groups (broad SMARTS) is 1. The minimum absolute atomic E-state index is 0. The summed E-state index contributed by atoms with van der Waals surface area (Å²) < 4.78 is 52.1. The number of amides is 1. The molecule has 0 bridgehead atoms. The van der Waals surface area contributed by atoms with Crippen molar-refractivity contribution in [3.63, 3.8) is 0 Å². The minimum atomic E-state index is -4.64. The van der Waals surface area contributed by atoms with Crippen LogP contribution in [0.1, 0.15) is 25.5 Å². The normalized spacial score (nSPS) is 22.6. The summed E-state index contributed by atoms with van der Waals surface area (Å²) in [6.45, 7) is 2.21. The van der Waals surface area contributed by atoms with Crippen LogP contribution in [-0.4, -0.2) is 47.2 Å². The fourth-order valence-corrected chi connectivity index (χ4v) is 3.07. The smallest absolute Gasteiger partial charge is 0.393 e. The van der Waals surface area contributed by atoms with Crippen molar-refractivity contribution in [1.29, 1.82) is 0 Å². The van der Waals surface area contributed by atoms with Crippen molar-refractivity contribution in [1.82, 2.24) is 10.2 Å². The van der Waals surface area contributed by atoms with Gasteiger partial charge in [0.1, 0.15) is 5.82 Å². The number of hydrogen-bond donors (Lipinski definition) is 2. The molecule has 1 aromatic rings. The highest BCUT2D eigenvalue weighted by Gasteiger charge is 2.53. The van der Waals surface area contributed by atoms with Gasteiger partial charge in [0.05, 0.1) is 23.9 Å². The van der Waals surface area contributed by atoms with Crippen LogP contribution in [0.4, 0.5) is 17.6 Å². The van der Waals surface area contributed by atoms with Crippen LogP contribution in [0.3, 0.4) is 0 Å². The Morgan fingerprint density at radius 2 is 1.74 bits per heavy atom. The first-order valence-electron chi connectivity index (χ1n) is 8.10. The molecule has 0 aromatic heterocycles. The molecule has 2 N–H and O–H groups in total. The number of halogens is 5. The standard InChI is InChI=1S/C17H20F4N2O3.ClH/c1-9(11-3-5-12(18)6-4-11)22-15(24)10(2)23-7-13(16(25)26)14(8-23)17(19,20)21;/h3-6,9-10,13-14H,7-8H2,1-2H3,(H,22,24)(H,25,26);1H/t9?,10?,13-,14-;/m1./s1. The molecule has 1 fully saturated rings. The third kappa shape index (κ3) is 5.55. The molecule has 4 atom stereocenters. The Hall–Kier alpha value is -1.87. The maximum Gasteiger partial charge on any atom is 0.393 e. The van der Waals surface area contributed by atoms with Gasteiger partial charge in [-0.25, -0.2) is 4.39 Å². The van der Waals surface area contributed by atoms with E-state index in [9.17, 15) is 27.2 Å². The number of benzene rings is 1. The van der Waals surface area contributed by atoms with E-state index in [2.05, 4.69) is 5.32 Å². The van der Waals surface area contributed by atoms with Gasteiger partial charge in [-0.15, -0.1) is 12.4 Å². The lowest BCUT2D eigenvalue weighted by Gasteiger charge is -2.25. The number of rotatable bonds is 5. The first-order valence-corrected chi connectivity index (χ1v) is 8.10. The molecule has 10 heteroatoms. The summed E-state index contributed by atoms with van der Waals surface area (Å²) in [5.74, 6) is -6.07. The van der Waals surface area contributed by atoms with E-state index in [0.29, 0.717) is 5.56 Å². The largest absolute Gasteiger partial charge is 0.481 e. The minimum Gasteiger partial charge on any atom is -0.481 e. The third-order valence-electron chi connectivity index (χ3n) is 4.74. The molecule has 1 aliphatic rings. The predicted molar refractivity (Wildman–Crippen MR) is 91.9 cm³/mol. The van der Waals surface area contributed by atoms with Crippen LogP contribution in [-0.2, 0) is 9.59 Å². The van der Waals surface area contributed by atoms with Crippen LogP contribution in [0, 0.1) is 17.7 Å². The van der Waals surface area contributed by atoms with Crippen molar-refractivity contribution in [3.8, 4) is 0 Å². The maximum atomic E-state index is 13.1. The van der Waals surface area contributed by atoms with Crippen molar-refractivity contribution in [2.45, 2.75) is 32.1 Å². The Labute approximate surface area is 160 Å². The topological polar surface area (TPSA) is 69.6 Å². The Bertz CT molecular complexity index is 669. The van der Waals surface area contributed by atoms with Crippen molar-refractivity contribution >= 4 is 24.3 Å². The number of hydrogen-bond acceptors (Lipinski definition) is 3. The summed E-state index contributed by atoms with van der Waals surface area (Å²) >= 11 is 0. The lowest BCUT2D eigenvalue weighted by Crippen LogP contribution is -2.45. The zero-order valence-corrected chi connectivity index (χ0v) is 15.5. The van der Waals surface area contributed by atoms with Crippen molar-refractivity contribution in [2.75, 3.05) is 13.1 Å². The van der Waals surface area contributed by atoms with E-state index >= 15 is 0 Å².